The fraction of sp³-hybridized carbons (Fsp3) is 0.238. The highest BCUT2D eigenvalue weighted by molar-refractivity contribution is 7.89. The van der Waals surface area contributed by atoms with Crippen LogP contribution in [-0.4, -0.2) is 20.4 Å². The molecule has 2 aromatic carbocycles. The van der Waals surface area contributed by atoms with E-state index in [1.54, 1.807) is 44.2 Å². The molecule has 0 saturated carbocycles. The second kappa shape index (κ2) is 8.29. The molecule has 0 spiro atoms. The van der Waals surface area contributed by atoms with Gasteiger partial charge in [-0.1, -0.05) is 12.1 Å². The second-order valence-electron chi connectivity index (χ2n) is 6.96. The molecule has 0 aliphatic carbocycles. The maximum Gasteiger partial charge on any atom is 0.339 e. The Balaban J connectivity index is 1.65. The molecule has 1 atom stereocenters. The van der Waals surface area contributed by atoms with Crippen molar-refractivity contribution in [2.45, 2.75) is 38.3 Å². The van der Waals surface area contributed by atoms with Crippen LogP contribution in [0.5, 0.6) is 5.75 Å². The van der Waals surface area contributed by atoms with Crippen LogP contribution in [0.3, 0.4) is 0 Å². The fourth-order valence-electron chi connectivity index (χ4n) is 2.89. The number of rotatable bonds is 6. The first kappa shape index (κ1) is 21.5. The summed E-state index contributed by atoms with van der Waals surface area (Å²) in [4.78, 5) is 24.2. The van der Waals surface area contributed by atoms with Crippen molar-refractivity contribution in [3.8, 4) is 5.75 Å². The number of benzene rings is 2. The Morgan fingerprint density at radius 3 is 2.43 bits per heavy atom. The van der Waals surface area contributed by atoms with Crippen molar-refractivity contribution < 1.29 is 22.4 Å². The number of aryl methyl sites for hydroxylation is 1. The lowest BCUT2D eigenvalue weighted by Crippen LogP contribution is -2.35. The summed E-state index contributed by atoms with van der Waals surface area (Å²) < 4.78 is 33.5. The number of nitrogens with two attached hydrogens (primary N) is 1. The average Bonchev–Trinajstić information content (AvgIpc) is 2.69. The molecule has 158 valence electrons. The second-order valence-corrected chi connectivity index (χ2v) is 8.53. The fourth-order valence-corrected chi connectivity index (χ4v) is 3.40. The van der Waals surface area contributed by atoms with Gasteiger partial charge in [-0.3, -0.25) is 4.79 Å². The quantitative estimate of drug-likeness (QED) is 0.577. The molecule has 0 aliphatic rings. The minimum Gasteiger partial charge on any atom is -0.481 e. The molecule has 30 heavy (non-hydrogen) atoms. The third-order valence-electron chi connectivity index (χ3n) is 4.83. The van der Waals surface area contributed by atoms with Crippen molar-refractivity contribution in [3.05, 3.63) is 69.6 Å². The van der Waals surface area contributed by atoms with E-state index in [9.17, 15) is 18.0 Å². The first-order valence-corrected chi connectivity index (χ1v) is 10.7. The van der Waals surface area contributed by atoms with Crippen molar-refractivity contribution in [3.63, 3.8) is 0 Å². The van der Waals surface area contributed by atoms with Gasteiger partial charge in [-0.2, -0.15) is 0 Å². The summed E-state index contributed by atoms with van der Waals surface area (Å²) in [5, 5.41) is 8.59. The summed E-state index contributed by atoms with van der Waals surface area (Å²) >= 11 is 0. The van der Waals surface area contributed by atoms with Gasteiger partial charge in [0.25, 0.3) is 5.91 Å². The van der Waals surface area contributed by atoms with Gasteiger partial charge in [0.1, 0.15) is 11.3 Å². The largest absolute Gasteiger partial charge is 0.481 e. The molecule has 0 saturated heterocycles. The highest BCUT2D eigenvalue weighted by Crippen LogP contribution is 2.24. The average molecular weight is 430 g/mol. The number of fused-ring (bicyclic) bond motifs is 1. The molecule has 8 nitrogen and oxygen atoms in total. The number of hydrogen-bond acceptors (Lipinski definition) is 6. The number of sulfonamides is 1. The molecule has 0 unspecified atom stereocenters. The minimum absolute atomic E-state index is 0.00247. The lowest BCUT2D eigenvalue weighted by Gasteiger charge is -2.15. The SMILES string of the molecule is Cc1c(C)c2ccc(O[C@@H](C)C(=O)NCc3ccc(S(N)(=O)=O)cc3)cc2oc1=O. The summed E-state index contributed by atoms with van der Waals surface area (Å²) in [5.74, 6) is 0.0428. The van der Waals surface area contributed by atoms with E-state index >= 15 is 0 Å². The van der Waals surface area contributed by atoms with E-state index in [2.05, 4.69) is 5.32 Å². The van der Waals surface area contributed by atoms with E-state index in [-0.39, 0.29) is 17.3 Å². The lowest BCUT2D eigenvalue weighted by molar-refractivity contribution is -0.127. The van der Waals surface area contributed by atoms with Crippen LogP contribution in [0.25, 0.3) is 11.0 Å². The standard InChI is InChI=1S/C21H22N2O6S/c1-12-13(2)21(25)29-19-10-16(6-9-18(12)19)28-14(3)20(24)23-11-15-4-7-17(8-5-15)30(22,26)27/h4-10,14H,11H2,1-3H3,(H,23,24)(H2,22,26,27)/t14-/m0/s1. The molecule has 0 radical (unpaired) electrons. The molecule has 0 fully saturated rings. The van der Waals surface area contributed by atoms with Crippen molar-refractivity contribution in [2.75, 3.05) is 0 Å². The zero-order valence-electron chi connectivity index (χ0n) is 16.8. The minimum atomic E-state index is -3.76. The summed E-state index contributed by atoms with van der Waals surface area (Å²) in [6.45, 7) is 5.35. The van der Waals surface area contributed by atoms with Crippen LogP contribution in [0.4, 0.5) is 0 Å². The van der Waals surface area contributed by atoms with E-state index in [0.717, 1.165) is 10.9 Å². The molecular formula is C21H22N2O6S. The van der Waals surface area contributed by atoms with Crippen molar-refractivity contribution in [1.82, 2.24) is 5.32 Å². The van der Waals surface area contributed by atoms with Crippen LogP contribution < -0.4 is 20.8 Å². The molecular weight excluding hydrogens is 408 g/mol. The molecule has 1 amide bonds. The van der Waals surface area contributed by atoms with E-state index in [1.807, 2.05) is 6.92 Å². The monoisotopic (exact) mass is 430 g/mol. The number of nitrogens with one attached hydrogen (secondary N) is 1. The predicted octanol–water partition coefficient (Wildman–Crippen LogP) is 2.14. The number of carbonyl (C=O) groups is 1. The van der Waals surface area contributed by atoms with Crippen LogP contribution in [-0.2, 0) is 21.4 Å². The van der Waals surface area contributed by atoms with Gasteiger partial charge in [0.2, 0.25) is 10.0 Å². The van der Waals surface area contributed by atoms with Gasteiger partial charge in [0.05, 0.1) is 4.90 Å². The van der Waals surface area contributed by atoms with Crippen LogP contribution in [0, 0.1) is 13.8 Å². The summed E-state index contributed by atoms with van der Waals surface area (Å²) in [5.41, 5.74) is 2.09. The van der Waals surface area contributed by atoms with Crippen LogP contribution in [0.2, 0.25) is 0 Å². The number of amides is 1. The Morgan fingerprint density at radius 2 is 1.80 bits per heavy atom. The van der Waals surface area contributed by atoms with E-state index in [4.69, 9.17) is 14.3 Å². The zero-order valence-corrected chi connectivity index (χ0v) is 17.6. The molecule has 3 N–H and O–H groups in total. The number of hydrogen-bond donors (Lipinski definition) is 2. The number of carbonyl (C=O) groups excluding carboxylic acids is 1. The third-order valence-corrected chi connectivity index (χ3v) is 5.76. The third kappa shape index (κ3) is 4.69. The summed E-state index contributed by atoms with van der Waals surface area (Å²) in [6, 6.07) is 11.0. The molecule has 0 bridgehead atoms. The van der Waals surface area contributed by atoms with E-state index in [1.165, 1.54) is 12.1 Å². The van der Waals surface area contributed by atoms with Gasteiger partial charge in [0, 0.05) is 23.6 Å². The first-order chi connectivity index (χ1) is 14.1. The topological polar surface area (TPSA) is 129 Å². The highest BCUT2D eigenvalue weighted by atomic mass is 32.2. The Labute approximate surface area is 173 Å². The number of ether oxygens (including phenoxy) is 1. The van der Waals surface area contributed by atoms with Crippen molar-refractivity contribution in [2.24, 2.45) is 5.14 Å². The zero-order chi connectivity index (χ0) is 22.1. The van der Waals surface area contributed by atoms with Gasteiger partial charge < -0.3 is 14.5 Å². The lowest BCUT2D eigenvalue weighted by atomic mass is 10.1. The molecule has 0 aliphatic heterocycles. The Bertz CT molecular complexity index is 1260. The summed E-state index contributed by atoms with van der Waals surface area (Å²) in [7, 11) is -3.76. The maximum absolute atomic E-state index is 12.3. The van der Waals surface area contributed by atoms with Gasteiger partial charge >= 0.3 is 5.63 Å². The van der Waals surface area contributed by atoms with Crippen LogP contribution >= 0.6 is 0 Å². The van der Waals surface area contributed by atoms with Crippen molar-refractivity contribution in [1.29, 1.82) is 0 Å². The highest BCUT2D eigenvalue weighted by Gasteiger charge is 2.16. The van der Waals surface area contributed by atoms with Gasteiger partial charge in [-0.25, -0.2) is 18.4 Å². The molecule has 1 aromatic heterocycles. The van der Waals surface area contributed by atoms with Crippen LogP contribution in [0.15, 0.2) is 56.6 Å². The predicted molar refractivity (Wildman–Crippen MR) is 112 cm³/mol. The summed E-state index contributed by atoms with van der Waals surface area (Å²) in [6.07, 6.45) is -0.801. The smallest absolute Gasteiger partial charge is 0.339 e. The van der Waals surface area contributed by atoms with Gasteiger partial charge in [-0.05, 0) is 56.2 Å². The van der Waals surface area contributed by atoms with Crippen molar-refractivity contribution >= 4 is 26.9 Å². The number of primary sulfonamides is 1. The van der Waals surface area contributed by atoms with Gasteiger partial charge in [-0.15, -0.1) is 0 Å². The Hall–Kier alpha value is -3.17. The molecule has 3 aromatic rings. The van der Waals surface area contributed by atoms with E-state index in [0.29, 0.717) is 22.5 Å². The first-order valence-electron chi connectivity index (χ1n) is 9.16. The van der Waals surface area contributed by atoms with Gasteiger partial charge in [0.15, 0.2) is 6.10 Å². The molecule has 9 heteroatoms. The molecule has 1 heterocycles. The Kier molecular flexibility index (Phi) is 5.95. The van der Waals surface area contributed by atoms with Crippen LogP contribution in [0.1, 0.15) is 23.6 Å². The Morgan fingerprint density at radius 1 is 1.13 bits per heavy atom. The normalized spacial score (nSPS) is 12.5. The van der Waals surface area contributed by atoms with E-state index < -0.39 is 21.8 Å². The molecule has 3 rings (SSSR count). The maximum atomic E-state index is 12.3.